The molecule has 2 aromatic carbocycles. The minimum atomic E-state index is -0.696. The van der Waals surface area contributed by atoms with E-state index in [1.807, 2.05) is 0 Å². The van der Waals surface area contributed by atoms with E-state index in [1.54, 1.807) is 119 Å². The van der Waals surface area contributed by atoms with Gasteiger partial charge >= 0.3 is 22.9 Å². The van der Waals surface area contributed by atoms with Crippen LogP contribution in [0.3, 0.4) is 0 Å². The first kappa shape index (κ1) is 38.8. The van der Waals surface area contributed by atoms with Crippen LogP contribution in [-0.2, 0) is 25.4 Å². The number of esters is 1. The molecule has 312 valence electrons. The zero-order valence-corrected chi connectivity index (χ0v) is 33.6. The van der Waals surface area contributed by atoms with Gasteiger partial charge in [0, 0.05) is 73.0 Å². The minimum absolute atomic E-state index is 0.0507. The van der Waals surface area contributed by atoms with Crippen LogP contribution in [-0.4, -0.2) is 71.4 Å². The lowest BCUT2D eigenvalue weighted by Gasteiger charge is -2.11. The largest absolute Gasteiger partial charge is 0.457 e. The van der Waals surface area contributed by atoms with Crippen molar-refractivity contribution in [3.8, 4) is 40.0 Å². The summed E-state index contributed by atoms with van der Waals surface area (Å²) in [6.07, 6.45) is 14.4. The van der Waals surface area contributed by atoms with Gasteiger partial charge in [0.1, 0.15) is 25.2 Å². The van der Waals surface area contributed by atoms with Crippen molar-refractivity contribution < 1.29 is 23.7 Å². The maximum atomic E-state index is 13.8. The molecule has 0 bridgehead atoms. The fraction of sp³-hybridized carbons (Fsp3) is 0.0682. The number of anilines is 2. The molecule has 0 atom stereocenters. The van der Waals surface area contributed by atoms with Crippen molar-refractivity contribution in [2.75, 3.05) is 10.6 Å². The third kappa shape index (κ3) is 7.01. The van der Waals surface area contributed by atoms with Crippen LogP contribution >= 0.6 is 0 Å². The molecule has 1 aliphatic heterocycles. The number of pyridine rings is 2. The summed E-state index contributed by atoms with van der Waals surface area (Å²) in [4.78, 5) is 86.3. The van der Waals surface area contributed by atoms with Crippen molar-refractivity contribution in [1.29, 1.82) is 0 Å². The normalized spacial score (nSPS) is 11.9. The SMILES string of the molecule is Cn1c(=O)c(=O)n(C)c2cc(NC(=O)c3cc(-c4ccnc(-[n+]5ccnc(-n6nc(C(=O)Nc7ccc8c(c7)COC8=O)cc6-c6ccncc6)c5)c4)n(-c4cnccn4)n3)ccc21. The Hall–Kier alpha value is -9.33. The van der Waals surface area contributed by atoms with Crippen molar-refractivity contribution in [2.45, 2.75) is 6.61 Å². The number of ether oxygens (including phenoxy) is 1. The zero-order chi connectivity index (χ0) is 44.1. The Labute approximate surface area is 359 Å². The van der Waals surface area contributed by atoms with Crippen LogP contribution in [0.1, 0.15) is 36.9 Å². The van der Waals surface area contributed by atoms with E-state index in [0.29, 0.717) is 67.9 Å². The van der Waals surface area contributed by atoms with Gasteiger partial charge in [-0.2, -0.15) is 14.8 Å². The predicted molar refractivity (Wildman–Crippen MR) is 228 cm³/mol. The Morgan fingerprint density at radius 2 is 1.30 bits per heavy atom. The number of carbonyl (C=O) groups excluding carboxylic acids is 3. The summed E-state index contributed by atoms with van der Waals surface area (Å²) in [5, 5.41) is 15.0. The molecule has 8 heterocycles. The van der Waals surface area contributed by atoms with E-state index in [-0.39, 0.29) is 18.0 Å². The summed E-state index contributed by atoms with van der Waals surface area (Å²) in [5.41, 5.74) is 4.15. The van der Waals surface area contributed by atoms with E-state index in [9.17, 15) is 24.0 Å². The highest BCUT2D eigenvalue weighted by Crippen LogP contribution is 2.28. The number of cyclic esters (lactones) is 1. The molecule has 0 fully saturated rings. The molecule has 20 heteroatoms. The van der Waals surface area contributed by atoms with Crippen LogP contribution in [0.2, 0.25) is 0 Å². The molecule has 9 aromatic rings. The summed E-state index contributed by atoms with van der Waals surface area (Å²) in [7, 11) is 3.01. The van der Waals surface area contributed by atoms with Crippen molar-refractivity contribution in [3.63, 3.8) is 0 Å². The van der Waals surface area contributed by atoms with Gasteiger partial charge in [-0.1, -0.05) is 0 Å². The van der Waals surface area contributed by atoms with E-state index < -0.39 is 28.9 Å². The van der Waals surface area contributed by atoms with E-state index in [2.05, 4.69) is 45.8 Å². The first-order chi connectivity index (χ1) is 31.1. The number of rotatable bonds is 9. The van der Waals surface area contributed by atoms with Gasteiger partial charge in [-0.05, 0) is 71.7 Å². The topological polar surface area (TPSA) is 232 Å². The van der Waals surface area contributed by atoms with Crippen LogP contribution in [0.5, 0.6) is 0 Å². The second-order valence-electron chi connectivity index (χ2n) is 14.5. The first-order valence-electron chi connectivity index (χ1n) is 19.4. The predicted octanol–water partition coefficient (Wildman–Crippen LogP) is 3.37. The van der Waals surface area contributed by atoms with Crippen molar-refractivity contribution >= 4 is 40.2 Å². The number of nitrogens with one attached hydrogen (secondary N) is 2. The van der Waals surface area contributed by atoms with Crippen LogP contribution in [0.4, 0.5) is 11.4 Å². The Morgan fingerprint density at radius 3 is 2.03 bits per heavy atom. The van der Waals surface area contributed by atoms with Gasteiger partial charge in [0.05, 0.1) is 40.4 Å². The summed E-state index contributed by atoms with van der Waals surface area (Å²) in [6, 6.07) is 20.2. The lowest BCUT2D eigenvalue weighted by atomic mass is 10.1. The van der Waals surface area contributed by atoms with Gasteiger partial charge < -0.3 is 24.5 Å². The Balaban J connectivity index is 0.980. The quantitative estimate of drug-likeness (QED) is 0.121. The zero-order valence-electron chi connectivity index (χ0n) is 33.6. The number of fused-ring (bicyclic) bond motifs is 2. The van der Waals surface area contributed by atoms with E-state index in [0.717, 1.165) is 5.56 Å². The molecule has 2 N–H and O–H groups in total. The number of nitrogens with zero attached hydrogens (tertiary/aromatic N) is 12. The standard InChI is InChI=1S/C44H30N14O6/c1-54-33-6-4-29(19-36(33)55(2)43(62)42(54)61)51-41(60)32-21-35(57(52-32)38-22-46-13-14-48-38)26-9-12-47-37(18-26)56-16-15-49-39(23-56)58-34(25-7-10-45-11-8-25)20-31(53-58)40(59)50-28-3-5-30-27(17-28)24-64-44(30)63/h3-23H,24H2,1-2H3,(H-,50,51,59,60,63)/p+1. The van der Waals surface area contributed by atoms with E-state index in [1.165, 1.54) is 46.5 Å². The molecule has 0 aliphatic carbocycles. The van der Waals surface area contributed by atoms with Crippen LogP contribution in [0, 0.1) is 0 Å². The second-order valence-corrected chi connectivity index (χ2v) is 14.5. The van der Waals surface area contributed by atoms with Gasteiger partial charge in [0.25, 0.3) is 11.8 Å². The summed E-state index contributed by atoms with van der Waals surface area (Å²) in [6.45, 7) is 0.129. The van der Waals surface area contributed by atoms with Crippen LogP contribution in [0.15, 0.2) is 138 Å². The average molecular weight is 852 g/mol. The summed E-state index contributed by atoms with van der Waals surface area (Å²) in [5.74, 6) is -0.270. The molecule has 7 aromatic heterocycles. The van der Waals surface area contributed by atoms with Gasteiger partial charge in [0.15, 0.2) is 23.0 Å². The number of hydrogen-bond donors (Lipinski definition) is 2. The molecule has 0 unspecified atom stereocenters. The molecule has 20 nitrogen and oxygen atoms in total. The lowest BCUT2D eigenvalue weighted by Crippen LogP contribution is -2.39. The molecular weight excluding hydrogens is 821 g/mol. The number of aromatic nitrogens is 12. The van der Waals surface area contributed by atoms with E-state index >= 15 is 0 Å². The molecule has 10 rings (SSSR count). The number of carbonyl (C=O) groups is 3. The third-order valence-electron chi connectivity index (χ3n) is 10.5. The molecule has 2 amide bonds. The number of benzene rings is 2. The maximum Gasteiger partial charge on any atom is 0.338 e. The number of aryl methyl sites for hydroxylation is 2. The van der Waals surface area contributed by atoms with Crippen molar-refractivity contribution in [3.05, 3.63) is 172 Å². The van der Waals surface area contributed by atoms with Gasteiger partial charge in [-0.15, -0.1) is 0 Å². The van der Waals surface area contributed by atoms with Gasteiger partial charge in [-0.25, -0.2) is 24.1 Å². The Kier molecular flexibility index (Phi) is 9.47. The van der Waals surface area contributed by atoms with Gasteiger partial charge in [-0.3, -0.25) is 29.1 Å². The maximum absolute atomic E-state index is 13.8. The van der Waals surface area contributed by atoms with Crippen molar-refractivity contribution in [2.24, 2.45) is 14.1 Å². The fourth-order valence-electron chi connectivity index (χ4n) is 7.28. The third-order valence-corrected chi connectivity index (χ3v) is 10.5. The van der Waals surface area contributed by atoms with Gasteiger partial charge in [0.2, 0.25) is 0 Å². The smallest absolute Gasteiger partial charge is 0.338 e. The summed E-state index contributed by atoms with van der Waals surface area (Å²) >= 11 is 0. The average Bonchev–Trinajstić information content (AvgIpc) is 4.09. The molecular formula is C44H31N14O6+. The first-order valence-corrected chi connectivity index (χ1v) is 19.4. The molecule has 0 saturated heterocycles. The monoisotopic (exact) mass is 851 g/mol. The Bertz CT molecular complexity index is 3490. The highest BCUT2D eigenvalue weighted by atomic mass is 16.5. The molecule has 0 radical (unpaired) electrons. The highest BCUT2D eigenvalue weighted by Gasteiger charge is 2.25. The second kappa shape index (κ2) is 15.6. The van der Waals surface area contributed by atoms with Crippen LogP contribution < -0.4 is 26.3 Å². The summed E-state index contributed by atoms with van der Waals surface area (Å²) < 4.78 is 12.4. The number of hydrogen-bond acceptors (Lipinski definition) is 13. The van der Waals surface area contributed by atoms with Crippen LogP contribution in [0.25, 0.3) is 51.0 Å². The van der Waals surface area contributed by atoms with E-state index in [4.69, 9.17) is 4.74 Å². The number of amides is 2. The Morgan fingerprint density at radius 1 is 0.641 bits per heavy atom. The minimum Gasteiger partial charge on any atom is -0.457 e. The molecule has 0 saturated carbocycles. The van der Waals surface area contributed by atoms with Crippen molar-refractivity contribution in [1.82, 2.24) is 53.6 Å². The molecule has 64 heavy (non-hydrogen) atoms. The molecule has 0 spiro atoms. The lowest BCUT2D eigenvalue weighted by molar-refractivity contribution is -0.600. The fourth-order valence-corrected chi connectivity index (χ4v) is 7.28. The molecule has 1 aliphatic rings. The highest BCUT2D eigenvalue weighted by molar-refractivity contribution is 6.05.